The molecule has 4 bridgehead atoms. The first-order valence-corrected chi connectivity index (χ1v) is 11.9. The Morgan fingerprint density at radius 1 is 1.12 bits per heavy atom. The first-order valence-electron chi connectivity index (χ1n) is 9.27. The first kappa shape index (κ1) is 18.3. The van der Waals surface area contributed by atoms with Crippen molar-refractivity contribution in [2.24, 2.45) is 17.8 Å². The number of benzene rings is 1. The van der Waals surface area contributed by atoms with Gasteiger partial charge in [-0.1, -0.05) is 15.9 Å². The number of hydrogen-bond acceptors (Lipinski definition) is 3. The Balaban J connectivity index is 1.50. The average molecular weight is 441 g/mol. The van der Waals surface area contributed by atoms with E-state index in [9.17, 15) is 13.2 Å². The number of anilines is 1. The van der Waals surface area contributed by atoms with Crippen molar-refractivity contribution in [1.82, 2.24) is 5.32 Å². The topological polar surface area (TPSA) is 66.5 Å². The van der Waals surface area contributed by atoms with Gasteiger partial charge in [-0.2, -0.15) is 0 Å². The van der Waals surface area contributed by atoms with Crippen LogP contribution < -0.4 is 9.62 Å². The Bertz CT molecular complexity index is 771. The minimum Gasteiger partial charge on any atom is -0.349 e. The van der Waals surface area contributed by atoms with Gasteiger partial charge in [0.05, 0.1) is 11.9 Å². The Kier molecular flexibility index (Phi) is 4.58. The number of carbonyl (C=O) groups excluding carboxylic acids is 1. The highest BCUT2D eigenvalue weighted by Gasteiger charge is 2.51. The van der Waals surface area contributed by atoms with Crippen LogP contribution in [0.2, 0.25) is 0 Å². The lowest BCUT2D eigenvalue weighted by atomic mass is 9.53. The van der Waals surface area contributed by atoms with Gasteiger partial charge in [-0.25, -0.2) is 8.42 Å². The summed E-state index contributed by atoms with van der Waals surface area (Å²) in [7, 11) is -3.53. The lowest BCUT2D eigenvalue weighted by Gasteiger charge is -2.57. The monoisotopic (exact) mass is 440 g/mol. The lowest BCUT2D eigenvalue weighted by molar-refractivity contribution is -0.125. The SMILES string of the molecule is CS(=O)(=O)N(CC(=O)NC12CC3CC(CC(C3)C1)C2)c1ccc(Br)cc1. The average Bonchev–Trinajstić information content (AvgIpc) is 2.51. The Morgan fingerprint density at radius 2 is 1.62 bits per heavy atom. The molecule has 4 aliphatic carbocycles. The molecular formula is C19H25BrN2O3S. The van der Waals surface area contributed by atoms with E-state index in [-0.39, 0.29) is 18.0 Å². The molecule has 0 spiro atoms. The van der Waals surface area contributed by atoms with Crippen LogP contribution in [0.15, 0.2) is 28.7 Å². The molecule has 0 radical (unpaired) electrons. The molecule has 5 nitrogen and oxygen atoms in total. The fourth-order valence-electron chi connectivity index (χ4n) is 5.74. The molecule has 4 saturated carbocycles. The van der Waals surface area contributed by atoms with Crippen LogP contribution in [0.25, 0.3) is 0 Å². The highest BCUT2D eigenvalue weighted by molar-refractivity contribution is 9.10. The van der Waals surface area contributed by atoms with Gasteiger partial charge in [-0.15, -0.1) is 0 Å². The summed E-state index contributed by atoms with van der Waals surface area (Å²) in [6.07, 6.45) is 8.25. The van der Waals surface area contributed by atoms with E-state index in [4.69, 9.17) is 0 Å². The van der Waals surface area contributed by atoms with Crippen molar-refractivity contribution in [2.45, 2.75) is 44.1 Å². The maximum absolute atomic E-state index is 12.8. The number of nitrogens with one attached hydrogen (secondary N) is 1. The van der Waals surface area contributed by atoms with Crippen molar-refractivity contribution < 1.29 is 13.2 Å². The normalized spacial score (nSPS) is 32.5. The van der Waals surface area contributed by atoms with Gasteiger partial charge in [-0.05, 0) is 80.5 Å². The number of amides is 1. The predicted octanol–water partition coefficient (Wildman–Crippen LogP) is 3.30. The standard InChI is InChI=1S/C19H25BrN2O3S/c1-26(24,25)22(17-4-2-16(20)3-5-17)12-18(23)21-19-9-13-6-14(10-19)8-15(7-13)11-19/h2-5,13-15H,6-12H2,1H3,(H,21,23). The van der Waals surface area contributed by atoms with E-state index < -0.39 is 10.0 Å². The van der Waals surface area contributed by atoms with Crippen LogP contribution in [0.1, 0.15) is 38.5 Å². The van der Waals surface area contributed by atoms with E-state index in [0.717, 1.165) is 47.7 Å². The number of nitrogens with zero attached hydrogens (tertiary/aromatic N) is 1. The molecule has 1 amide bonds. The molecule has 0 unspecified atom stereocenters. The third-order valence-corrected chi connectivity index (χ3v) is 7.91. The van der Waals surface area contributed by atoms with E-state index >= 15 is 0 Å². The molecule has 0 atom stereocenters. The van der Waals surface area contributed by atoms with Gasteiger partial charge in [-0.3, -0.25) is 9.10 Å². The van der Waals surface area contributed by atoms with E-state index in [0.29, 0.717) is 5.69 Å². The Hall–Kier alpha value is -1.08. The molecule has 0 aliphatic heterocycles. The maximum atomic E-state index is 12.8. The summed E-state index contributed by atoms with van der Waals surface area (Å²) >= 11 is 3.35. The molecule has 142 valence electrons. The van der Waals surface area contributed by atoms with E-state index in [1.807, 2.05) is 0 Å². The van der Waals surface area contributed by atoms with Crippen LogP contribution in [0.4, 0.5) is 5.69 Å². The fraction of sp³-hybridized carbons (Fsp3) is 0.632. The Labute approximate surface area is 163 Å². The molecule has 26 heavy (non-hydrogen) atoms. The molecular weight excluding hydrogens is 416 g/mol. The van der Waals surface area contributed by atoms with Crippen LogP contribution in [-0.4, -0.2) is 32.7 Å². The maximum Gasteiger partial charge on any atom is 0.241 e. The summed E-state index contributed by atoms with van der Waals surface area (Å²) in [5.74, 6) is 2.01. The highest BCUT2D eigenvalue weighted by atomic mass is 79.9. The zero-order chi connectivity index (χ0) is 18.5. The molecule has 5 rings (SSSR count). The van der Waals surface area contributed by atoms with Crippen LogP contribution >= 0.6 is 15.9 Å². The quantitative estimate of drug-likeness (QED) is 0.763. The minimum atomic E-state index is -3.53. The molecule has 7 heteroatoms. The second kappa shape index (κ2) is 6.51. The van der Waals surface area contributed by atoms with E-state index in [1.54, 1.807) is 24.3 Å². The molecule has 0 aromatic heterocycles. The third-order valence-electron chi connectivity index (χ3n) is 6.24. The summed E-state index contributed by atoms with van der Waals surface area (Å²) < 4.78 is 26.6. The predicted molar refractivity (Wildman–Crippen MR) is 105 cm³/mol. The van der Waals surface area contributed by atoms with Crippen LogP contribution in [0.3, 0.4) is 0 Å². The largest absolute Gasteiger partial charge is 0.349 e. The molecule has 1 aromatic rings. The summed E-state index contributed by atoms with van der Waals surface area (Å²) in [6, 6.07) is 6.99. The first-order chi connectivity index (χ1) is 12.2. The molecule has 1 aromatic carbocycles. The van der Waals surface area contributed by atoms with Gasteiger partial charge in [0.25, 0.3) is 0 Å². The van der Waals surface area contributed by atoms with Crippen LogP contribution in [0.5, 0.6) is 0 Å². The second-order valence-corrected chi connectivity index (χ2v) is 11.3. The molecule has 0 heterocycles. The van der Waals surface area contributed by atoms with Crippen LogP contribution in [-0.2, 0) is 14.8 Å². The molecule has 1 N–H and O–H groups in total. The van der Waals surface area contributed by atoms with E-state index in [1.165, 1.54) is 23.6 Å². The summed E-state index contributed by atoms with van der Waals surface area (Å²) in [5, 5.41) is 3.25. The number of halogens is 1. The van der Waals surface area contributed by atoms with Crippen molar-refractivity contribution >= 4 is 37.5 Å². The number of hydrogen-bond donors (Lipinski definition) is 1. The van der Waals surface area contributed by atoms with Gasteiger partial charge < -0.3 is 5.32 Å². The number of rotatable bonds is 5. The van der Waals surface area contributed by atoms with Crippen molar-refractivity contribution in [2.75, 3.05) is 17.1 Å². The Morgan fingerprint density at radius 3 is 2.08 bits per heavy atom. The highest BCUT2D eigenvalue weighted by Crippen LogP contribution is 2.55. The van der Waals surface area contributed by atoms with E-state index in [2.05, 4.69) is 21.2 Å². The van der Waals surface area contributed by atoms with Gasteiger partial charge in [0.1, 0.15) is 6.54 Å². The van der Waals surface area contributed by atoms with Crippen molar-refractivity contribution in [3.05, 3.63) is 28.7 Å². The van der Waals surface area contributed by atoms with Crippen molar-refractivity contribution in [1.29, 1.82) is 0 Å². The summed E-state index contributed by atoms with van der Waals surface area (Å²) in [5.41, 5.74) is 0.408. The van der Waals surface area contributed by atoms with Gasteiger partial charge in [0.2, 0.25) is 15.9 Å². The van der Waals surface area contributed by atoms with Crippen LogP contribution in [0, 0.1) is 17.8 Å². The lowest BCUT2D eigenvalue weighted by Crippen LogP contribution is -2.61. The fourth-order valence-corrected chi connectivity index (χ4v) is 6.86. The summed E-state index contributed by atoms with van der Waals surface area (Å²) in [4.78, 5) is 12.8. The zero-order valence-corrected chi connectivity index (χ0v) is 17.4. The number of sulfonamides is 1. The van der Waals surface area contributed by atoms with Gasteiger partial charge in [0, 0.05) is 10.0 Å². The molecule has 4 fully saturated rings. The zero-order valence-electron chi connectivity index (χ0n) is 14.9. The minimum absolute atomic E-state index is 0.102. The smallest absolute Gasteiger partial charge is 0.241 e. The second-order valence-electron chi connectivity index (χ2n) is 8.49. The van der Waals surface area contributed by atoms with Crippen molar-refractivity contribution in [3.8, 4) is 0 Å². The van der Waals surface area contributed by atoms with Gasteiger partial charge >= 0.3 is 0 Å². The number of carbonyl (C=O) groups is 1. The summed E-state index contributed by atoms with van der Waals surface area (Å²) in [6.45, 7) is -0.164. The molecule has 0 saturated heterocycles. The molecule has 4 aliphatic rings. The third kappa shape index (κ3) is 3.65. The van der Waals surface area contributed by atoms with Gasteiger partial charge in [0.15, 0.2) is 0 Å². The van der Waals surface area contributed by atoms with Crippen molar-refractivity contribution in [3.63, 3.8) is 0 Å².